The van der Waals surface area contributed by atoms with Gasteiger partial charge in [-0.05, 0) is 39.3 Å². The normalized spacial score (nSPS) is 24.1. The van der Waals surface area contributed by atoms with Crippen molar-refractivity contribution in [1.82, 2.24) is 10.2 Å². The van der Waals surface area contributed by atoms with Gasteiger partial charge in [0.1, 0.15) is 0 Å². The third kappa shape index (κ3) is 3.80. The van der Waals surface area contributed by atoms with Gasteiger partial charge in [-0.25, -0.2) is 0 Å². The maximum absolute atomic E-state index is 3.53. The van der Waals surface area contributed by atoms with Gasteiger partial charge in [0.2, 0.25) is 0 Å². The van der Waals surface area contributed by atoms with Crippen LogP contribution in [-0.2, 0) is 6.54 Å². The Morgan fingerprint density at radius 3 is 2.47 bits per heavy atom. The van der Waals surface area contributed by atoms with Crippen LogP contribution in [0.4, 0.5) is 0 Å². The van der Waals surface area contributed by atoms with Crippen LogP contribution in [0.2, 0.25) is 0 Å². The van der Waals surface area contributed by atoms with Gasteiger partial charge in [-0.1, -0.05) is 43.2 Å². The van der Waals surface area contributed by atoms with E-state index in [1.807, 2.05) is 0 Å². The molecule has 1 aromatic carbocycles. The van der Waals surface area contributed by atoms with Crippen molar-refractivity contribution in [3.8, 4) is 0 Å². The molecule has 2 heteroatoms. The Hall–Kier alpha value is -0.860. The molecule has 1 aliphatic rings. The molecule has 2 rings (SSSR count). The molecule has 1 aliphatic carbocycles. The lowest BCUT2D eigenvalue weighted by molar-refractivity contribution is 0.0870. The van der Waals surface area contributed by atoms with Crippen molar-refractivity contribution in [1.29, 1.82) is 0 Å². The van der Waals surface area contributed by atoms with Crippen molar-refractivity contribution in [2.45, 2.75) is 64.2 Å². The van der Waals surface area contributed by atoms with Gasteiger partial charge in [0, 0.05) is 24.7 Å². The van der Waals surface area contributed by atoms with Crippen molar-refractivity contribution < 1.29 is 0 Å². The Morgan fingerprint density at radius 2 is 1.84 bits per heavy atom. The molecule has 1 fully saturated rings. The van der Waals surface area contributed by atoms with Gasteiger partial charge in [0.25, 0.3) is 0 Å². The maximum Gasteiger partial charge on any atom is 0.0255 e. The van der Waals surface area contributed by atoms with Gasteiger partial charge in [0.05, 0.1) is 0 Å². The largest absolute Gasteiger partial charge is 0.315 e. The van der Waals surface area contributed by atoms with Crippen LogP contribution in [0.5, 0.6) is 0 Å². The lowest BCUT2D eigenvalue weighted by Gasteiger charge is -2.42. The summed E-state index contributed by atoms with van der Waals surface area (Å²) in [5.74, 6) is 0. The fraction of sp³-hybridized carbons (Fsp3) is 0.647. The standard InChI is InChI=1S/C17H28N2/c1-14(2)19(13-15-9-5-4-6-10-15)17-12-8-7-11-16(17)18-3/h4-6,9-10,14,16-18H,7-8,11-13H2,1-3H3/t16-,17+/m1/s1. The number of benzene rings is 1. The number of hydrogen-bond donors (Lipinski definition) is 1. The number of hydrogen-bond acceptors (Lipinski definition) is 2. The van der Waals surface area contributed by atoms with E-state index in [2.05, 4.69) is 61.4 Å². The Kier molecular flexibility index (Phi) is 5.41. The summed E-state index contributed by atoms with van der Waals surface area (Å²) in [6.07, 6.45) is 5.40. The molecule has 0 saturated heterocycles. The lowest BCUT2D eigenvalue weighted by Crippen LogP contribution is -2.52. The first kappa shape index (κ1) is 14.5. The summed E-state index contributed by atoms with van der Waals surface area (Å²) < 4.78 is 0. The second-order valence-corrected chi connectivity index (χ2v) is 6.00. The van der Waals surface area contributed by atoms with E-state index in [4.69, 9.17) is 0 Å². The van der Waals surface area contributed by atoms with E-state index in [1.165, 1.54) is 31.2 Å². The average molecular weight is 260 g/mol. The van der Waals surface area contributed by atoms with E-state index < -0.39 is 0 Å². The summed E-state index contributed by atoms with van der Waals surface area (Å²) in [6.45, 7) is 5.72. The highest BCUT2D eigenvalue weighted by Crippen LogP contribution is 2.26. The monoisotopic (exact) mass is 260 g/mol. The first-order valence-corrected chi connectivity index (χ1v) is 7.69. The quantitative estimate of drug-likeness (QED) is 0.872. The maximum atomic E-state index is 3.53. The van der Waals surface area contributed by atoms with Gasteiger partial charge in [-0.15, -0.1) is 0 Å². The van der Waals surface area contributed by atoms with Crippen molar-refractivity contribution in [3.05, 3.63) is 35.9 Å². The molecule has 1 N–H and O–H groups in total. The van der Waals surface area contributed by atoms with E-state index in [-0.39, 0.29) is 0 Å². The van der Waals surface area contributed by atoms with Crippen LogP contribution < -0.4 is 5.32 Å². The molecular weight excluding hydrogens is 232 g/mol. The van der Waals surface area contributed by atoms with Crippen LogP contribution in [0.3, 0.4) is 0 Å². The topological polar surface area (TPSA) is 15.3 Å². The highest BCUT2D eigenvalue weighted by molar-refractivity contribution is 5.15. The molecule has 0 bridgehead atoms. The Balaban J connectivity index is 2.10. The van der Waals surface area contributed by atoms with Gasteiger partial charge in [-0.2, -0.15) is 0 Å². The first-order valence-electron chi connectivity index (χ1n) is 7.69. The summed E-state index contributed by atoms with van der Waals surface area (Å²) in [7, 11) is 2.12. The molecule has 2 atom stereocenters. The van der Waals surface area contributed by atoms with Crippen LogP contribution in [0.1, 0.15) is 45.1 Å². The molecule has 2 nitrogen and oxygen atoms in total. The number of likely N-dealkylation sites (N-methyl/N-ethyl adjacent to an activating group) is 1. The van der Waals surface area contributed by atoms with E-state index in [0.717, 1.165) is 6.54 Å². The predicted molar refractivity (Wildman–Crippen MR) is 82.2 cm³/mol. The molecule has 0 heterocycles. The molecule has 1 saturated carbocycles. The van der Waals surface area contributed by atoms with Crippen molar-refractivity contribution in [2.24, 2.45) is 0 Å². The molecule has 0 radical (unpaired) electrons. The molecule has 19 heavy (non-hydrogen) atoms. The van der Waals surface area contributed by atoms with Gasteiger partial charge < -0.3 is 5.32 Å². The zero-order chi connectivity index (χ0) is 13.7. The minimum absolute atomic E-state index is 0.596. The Labute approximate surface area is 118 Å². The molecule has 0 spiro atoms. The highest BCUT2D eigenvalue weighted by Gasteiger charge is 2.30. The number of nitrogens with zero attached hydrogens (tertiary/aromatic N) is 1. The molecule has 0 aliphatic heterocycles. The summed E-state index contributed by atoms with van der Waals surface area (Å²) in [4.78, 5) is 2.68. The Bertz CT molecular complexity index is 361. The van der Waals surface area contributed by atoms with Crippen molar-refractivity contribution >= 4 is 0 Å². The first-order chi connectivity index (χ1) is 9.22. The lowest BCUT2D eigenvalue weighted by atomic mass is 9.88. The summed E-state index contributed by atoms with van der Waals surface area (Å²) in [6, 6.07) is 12.8. The second-order valence-electron chi connectivity index (χ2n) is 6.00. The Morgan fingerprint density at radius 1 is 1.16 bits per heavy atom. The molecule has 0 unspecified atom stereocenters. The third-order valence-electron chi connectivity index (χ3n) is 4.40. The van der Waals surface area contributed by atoms with Crippen LogP contribution in [0.15, 0.2) is 30.3 Å². The predicted octanol–water partition coefficient (Wildman–Crippen LogP) is 3.43. The van der Waals surface area contributed by atoms with Crippen LogP contribution >= 0.6 is 0 Å². The number of nitrogens with one attached hydrogen (secondary N) is 1. The van der Waals surface area contributed by atoms with Crippen molar-refractivity contribution in [2.75, 3.05) is 7.05 Å². The highest BCUT2D eigenvalue weighted by atomic mass is 15.2. The SMILES string of the molecule is CN[C@@H]1CCCC[C@@H]1N(Cc1ccccc1)C(C)C. The minimum atomic E-state index is 0.596. The molecule has 1 aromatic rings. The molecule has 0 amide bonds. The summed E-state index contributed by atoms with van der Waals surface area (Å²) in [5, 5.41) is 3.53. The zero-order valence-electron chi connectivity index (χ0n) is 12.6. The molecule has 0 aromatic heterocycles. The van der Waals surface area contributed by atoms with Crippen LogP contribution in [-0.4, -0.2) is 30.1 Å². The molecular formula is C17H28N2. The van der Waals surface area contributed by atoms with Crippen LogP contribution in [0, 0.1) is 0 Å². The summed E-state index contributed by atoms with van der Waals surface area (Å²) in [5.41, 5.74) is 1.43. The van der Waals surface area contributed by atoms with E-state index >= 15 is 0 Å². The van der Waals surface area contributed by atoms with Crippen LogP contribution in [0.25, 0.3) is 0 Å². The average Bonchev–Trinajstić information content (AvgIpc) is 2.45. The third-order valence-corrected chi connectivity index (χ3v) is 4.40. The van der Waals surface area contributed by atoms with E-state index in [9.17, 15) is 0 Å². The number of rotatable bonds is 5. The van der Waals surface area contributed by atoms with Gasteiger partial charge in [-0.3, -0.25) is 4.90 Å². The van der Waals surface area contributed by atoms with E-state index in [0.29, 0.717) is 18.1 Å². The van der Waals surface area contributed by atoms with E-state index in [1.54, 1.807) is 0 Å². The second kappa shape index (κ2) is 7.06. The smallest absolute Gasteiger partial charge is 0.0255 e. The minimum Gasteiger partial charge on any atom is -0.315 e. The van der Waals surface area contributed by atoms with Gasteiger partial charge >= 0.3 is 0 Å². The fourth-order valence-electron chi connectivity index (χ4n) is 3.32. The fourth-order valence-corrected chi connectivity index (χ4v) is 3.32. The summed E-state index contributed by atoms with van der Waals surface area (Å²) >= 11 is 0. The van der Waals surface area contributed by atoms with Crippen molar-refractivity contribution in [3.63, 3.8) is 0 Å². The van der Waals surface area contributed by atoms with Gasteiger partial charge in [0.15, 0.2) is 0 Å². The zero-order valence-corrected chi connectivity index (χ0v) is 12.6. The molecule has 106 valence electrons.